The summed E-state index contributed by atoms with van der Waals surface area (Å²) in [6.45, 7) is 6.54. The first-order chi connectivity index (χ1) is 15.6. The highest BCUT2D eigenvalue weighted by atomic mass is 16.6. The molecule has 0 radical (unpaired) electrons. The number of nitrogens with zero attached hydrogens (tertiary/aromatic N) is 2. The zero-order valence-electron chi connectivity index (χ0n) is 19.1. The summed E-state index contributed by atoms with van der Waals surface area (Å²) >= 11 is 0. The van der Waals surface area contributed by atoms with E-state index in [1.807, 2.05) is 55.5 Å². The van der Waals surface area contributed by atoms with E-state index < -0.39 is 17.9 Å². The molecule has 6 heteroatoms. The smallest absolute Gasteiger partial charge is 0.322 e. The van der Waals surface area contributed by atoms with Gasteiger partial charge < -0.3 is 9.47 Å². The number of hydrazine groups is 1. The van der Waals surface area contributed by atoms with Crippen LogP contribution in [0, 0.1) is 5.92 Å². The summed E-state index contributed by atoms with van der Waals surface area (Å²) in [5.74, 6) is -2.04. The molecule has 0 amide bonds. The average molecular weight is 439 g/mol. The number of esters is 2. The minimum Gasteiger partial charge on any atom is -0.465 e. The fraction of sp³-hybridized carbons (Fsp3) is 0.462. The Kier molecular flexibility index (Phi) is 9.26. The maximum Gasteiger partial charge on any atom is 0.322 e. The lowest BCUT2D eigenvalue weighted by molar-refractivity contribution is -0.168. The van der Waals surface area contributed by atoms with Gasteiger partial charge in [-0.2, -0.15) is 0 Å². The van der Waals surface area contributed by atoms with E-state index in [1.54, 1.807) is 6.92 Å². The van der Waals surface area contributed by atoms with E-state index in [-0.39, 0.29) is 19.3 Å². The lowest BCUT2D eigenvalue weighted by atomic mass is 10.1. The number of carbonyl (C=O) groups excluding carboxylic acids is 2. The molecule has 1 aliphatic heterocycles. The van der Waals surface area contributed by atoms with Crippen LogP contribution in [0.1, 0.15) is 37.8 Å². The minimum atomic E-state index is -0.988. The summed E-state index contributed by atoms with van der Waals surface area (Å²) < 4.78 is 11.0. The molecule has 0 saturated carbocycles. The fourth-order valence-electron chi connectivity index (χ4n) is 4.02. The molecule has 0 aromatic heterocycles. The Morgan fingerprint density at radius 3 is 2.12 bits per heavy atom. The molecule has 1 heterocycles. The maximum atomic E-state index is 13.1. The van der Waals surface area contributed by atoms with Gasteiger partial charge in [0.1, 0.15) is 6.10 Å². The summed E-state index contributed by atoms with van der Waals surface area (Å²) in [7, 11) is 0. The number of hydrogen-bond acceptors (Lipinski definition) is 6. The highest BCUT2D eigenvalue weighted by Gasteiger charge is 2.35. The summed E-state index contributed by atoms with van der Waals surface area (Å²) in [6.07, 6.45) is 2.47. The molecule has 2 aromatic rings. The lowest BCUT2D eigenvalue weighted by Gasteiger charge is -2.33. The quantitative estimate of drug-likeness (QED) is 0.392. The fourth-order valence-corrected chi connectivity index (χ4v) is 4.02. The van der Waals surface area contributed by atoms with Crippen molar-refractivity contribution in [2.24, 2.45) is 5.92 Å². The van der Waals surface area contributed by atoms with Gasteiger partial charge in [-0.25, -0.2) is 10.0 Å². The highest BCUT2D eigenvalue weighted by Crippen LogP contribution is 2.19. The van der Waals surface area contributed by atoms with Crippen LogP contribution in [-0.4, -0.2) is 54.3 Å². The van der Waals surface area contributed by atoms with E-state index in [2.05, 4.69) is 22.2 Å². The molecule has 0 spiro atoms. The van der Waals surface area contributed by atoms with Crippen LogP contribution in [0.3, 0.4) is 0 Å². The van der Waals surface area contributed by atoms with Crippen LogP contribution in [0.2, 0.25) is 0 Å². The van der Waals surface area contributed by atoms with Gasteiger partial charge in [-0.1, -0.05) is 60.7 Å². The second-order valence-electron chi connectivity index (χ2n) is 8.24. The molecule has 172 valence electrons. The van der Waals surface area contributed by atoms with Crippen molar-refractivity contribution in [3.05, 3.63) is 71.8 Å². The van der Waals surface area contributed by atoms with Gasteiger partial charge in [-0.05, 0) is 37.8 Å². The molecule has 32 heavy (non-hydrogen) atoms. The monoisotopic (exact) mass is 438 g/mol. The van der Waals surface area contributed by atoms with E-state index in [0.717, 1.165) is 37.1 Å². The first-order valence-electron chi connectivity index (χ1n) is 11.5. The zero-order chi connectivity index (χ0) is 22.8. The number of benzene rings is 2. The van der Waals surface area contributed by atoms with Gasteiger partial charge in [0.15, 0.2) is 5.92 Å². The molecule has 0 aliphatic carbocycles. The first-order valence-corrected chi connectivity index (χ1v) is 11.5. The maximum absolute atomic E-state index is 13.1. The molecule has 1 saturated heterocycles. The van der Waals surface area contributed by atoms with Crippen LogP contribution in [0.4, 0.5) is 0 Å². The SMILES string of the molecule is CCOC(=O)C(CN(Cc1ccccc1)N1CCCC1)C(=O)OC(C)Cc1ccccc1. The van der Waals surface area contributed by atoms with E-state index in [1.165, 1.54) is 0 Å². The number of rotatable bonds is 11. The molecular formula is C26H34N2O4. The van der Waals surface area contributed by atoms with Crippen molar-refractivity contribution in [3.8, 4) is 0 Å². The normalized spacial score (nSPS) is 16.0. The van der Waals surface area contributed by atoms with E-state index in [0.29, 0.717) is 13.0 Å². The second-order valence-corrected chi connectivity index (χ2v) is 8.24. The summed E-state index contributed by atoms with van der Waals surface area (Å²) in [4.78, 5) is 25.9. The Labute approximate surface area is 191 Å². The number of hydrogen-bond donors (Lipinski definition) is 0. The Morgan fingerprint density at radius 1 is 0.938 bits per heavy atom. The Bertz CT molecular complexity index is 837. The van der Waals surface area contributed by atoms with Crippen molar-refractivity contribution in [2.45, 2.75) is 45.8 Å². The van der Waals surface area contributed by atoms with Crippen LogP contribution >= 0.6 is 0 Å². The van der Waals surface area contributed by atoms with Gasteiger partial charge in [0.25, 0.3) is 0 Å². The van der Waals surface area contributed by atoms with E-state index >= 15 is 0 Å². The second kappa shape index (κ2) is 12.4. The summed E-state index contributed by atoms with van der Waals surface area (Å²) in [5, 5.41) is 4.34. The standard InChI is InChI=1S/C26H34N2O4/c1-3-31-25(29)24(26(30)32-21(2)18-22-12-6-4-7-13-22)20-28(27-16-10-11-17-27)19-23-14-8-5-9-15-23/h4-9,12-15,21,24H,3,10-11,16-20H2,1-2H3. The molecule has 1 fully saturated rings. The van der Waals surface area contributed by atoms with Crippen LogP contribution in [0.15, 0.2) is 60.7 Å². The third-order valence-electron chi connectivity index (χ3n) is 5.62. The molecule has 1 aliphatic rings. The van der Waals surface area contributed by atoms with Crippen molar-refractivity contribution in [3.63, 3.8) is 0 Å². The van der Waals surface area contributed by atoms with Gasteiger partial charge in [-0.15, -0.1) is 0 Å². The predicted molar refractivity (Wildman–Crippen MR) is 123 cm³/mol. The third-order valence-corrected chi connectivity index (χ3v) is 5.62. The van der Waals surface area contributed by atoms with E-state index in [9.17, 15) is 9.59 Å². The molecule has 2 aromatic carbocycles. The van der Waals surface area contributed by atoms with Crippen molar-refractivity contribution in [1.82, 2.24) is 10.0 Å². The molecule has 2 unspecified atom stereocenters. The Morgan fingerprint density at radius 2 is 1.53 bits per heavy atom. The molecule has 0 bridgehead atoms. The molecule has 2 atom stereocenters. The zero-order valence-corrected chi connectivity index (χ0v) is 19.1. The minimum absolute atomic E-state index is 0.227. The van der Waals surface area contributed by atoms with E-state index in [4.69, 9.17) is 9.47 Å². The third kappa shape index (κ3) is 7.18. The van der Waals surface area contributed by atoms with Crippen LogP contribution in [0.25, 0.3) is 0 Å². The van der Waals surface area contributed by atoms with Gasteiger partial charge in [0.2, 0.25) is 0 Å². The van der Waals surface area contributed by atoms with Gasteiger partial charge in [-0.3, -0.25) is 9.59 Å². The summed E-state index contributed by atoms with van der Waals surface area (Å²) in [5.41, 5.74) is 2.22. The summed E-state index contributed by atoms with van der Waals surface area (Å²) in [6, 6.07) is 20.0. The van der Waals surface area contributed by atoms with Crippen LogP contribution in [0.5, 0.6) is 0 Å². The van der Waals surface area contributed by atoms with Gasteiger partial charge in [0.05, 0.1) is 6.61 Å². The largest absolute Gasteiger partial charge is 0.465 e. The first kappa shape index (κ1) is 24.0. The molecular weight excluding hydrogens is 404 g/mol. The lowest BCUT2D eigenvalue weighted by Crippen LogP contribution is -2.47. The molecule has 6 nitrogen and oxygen atoms in total. The molecule has 3 rings (SSSR count). The number of ether oxygens (including phenoxy) is 2. The molecule has 0 N–H and O–H groups in total. The highest BCUT2D eigenvalue weighted by molar-refractivity contribution is 5.95. The Hall–Kier alpha value is -2.70. The average Bonchev–Trinajstić information content (AvgIpc) is 3.33. The van der Waals surface area contributed by atoms with Crippen molar-refractivity contribution in [2.75, 3.05) is 26.2 Å². The van der Waals surface area contributed by atoms with Gasteiger partial charge in [0, 0.05) is 32.6 Å². The number of carbonyl (C=O) groups is 2. The Balaban J connectivity index is 1.71. The van der Waals surface area contributed by atoms with Crippen LogP contribution in [-0.2, 0) is 32.0 Å². The predicted octanol–water partition coefficient (Wildman–Crippen LogP) is 3.85. The van der Waals surface area contributed by atoms with Crippen molar-refractivity contribution in [1.29, 1.82) is 0 Å². The van der Waals surface area contributed by atoms with Crippen molar-refractivity contribution >= 4 is 11.9 Å². The van der Waals surface area contributed by atoms with Crippen LogP contribution < -0.4 is 0 Å². The van der Waals surface area contributed by atoms with Gasteiger partial charge >= 0.3 is 11.9 Å². The van der Waals surface area contributed by atoms with Crippen molar-refractivity contribution < 1.29 is 19.1 Å². The topological polar surface area (TPSA) is 59.1 Å².